The van der Waals surface area contributed by atoms with E-state index in [2.05, 4.69) is 9.59 Å². The Bertz CT molecular complexity index is 748. The zero-order valence-corrected chi connectivity index (χ0v) is 11.0. The van der Waals surface area contributed by atoms with E-state index in [1.54, 1.807) is 0 Å². The second kappa shape index (κ2) is 4.75. The van der Waals surface area contributed by atoms with Crippen molar-refractivity contribution in [3.05, 3.63) is 29.1 Å². The number of carbonyl (C=O) groups is 2. The first kappa shape index (κ1) is 12.9. The SMILES string of the molecule is O=C1CCCC(=O)C1=C(O)c1ccc(F)c2nnsc12. The molecule has 0 radical (unpaired) electrons. The first-order chi connectivity index (χ1) is 9.59. The van der Waals surface area contributed by atoms with Crippen LogP contribution in [0, 0.1) is 5.82 Å². The second-order valence-corrected chi connectivity index (χ2v) is 5.22. The van der Waals surface area contributed by atoms with Crippen LogP contribution in [-0.4, -0.2) is 26.3 Å². The van der Waals surface area contributed by atoms with Gasteiger partial charge in [-0.1, -0.05) is 4.49 Å². The molecule has 0 aliphatic heterocycles. The predicted octanol–water partition coefficient (Wildman–Crippen LogP) is 2.42. The summed E-state index contributed by atoms with van der Waals surface area (Å²) in [5.41, 5.74) is 0.0444. The molecule has 0 amide bonds. The van der Waals surface area contributed by atoms with Gasteiger partial charge in [0.15, 0.2) is 17.4 Å². The van der Waals surface area contributed by atoms with E-state index < -0.39 is 11.6 Å². The molecule has 1 saturated carbocycles. The number of allylic oxidation sites excluding steroid dienone is 1. The number of halogens is 1. The van der Waals surface area contributed by atoms with E-state index in [1.165, 1.54) is 6.07 Å². The molecule has 1 aliphatic carbocycles. The van der Waals surface area contributed by atoms with E-state index in [9.17, 15) is 19.1 Å². The van der Waals surface area contributed by atoms with Gasteiger partial charge in [-0.15, -0.1) is 5.10 Å². The van der Waals surface area contributed by atoms with Crippen molar-refractivity contribution in [1.82, 2.24) is 9.59 Å². The van der Waals surface area contributed by atoms with Crippen molar-refractivity contribution in [3.8, 4) is 0 Å². The Balaban J connectivity index is 2.24. The van der Waals surface area contributed by atoms with Crippen molar-refractivity contribution in [2.45, 2.75) is 19.3 Å². The molecule has 3 rings (SSSR count). The smallest absolute Gasteiger partial charge is 0.170 e. The summed E-state index contributed by atoms with van der Waals surface area (Å²) >= 11 is 0.905. The minimum absolute atomic E-state index is 0.0235. The average molecular weight is 292 g/mol. The summed E-state index contributed by atoms with van der Waals surface area (Å²) < 4.78 is 17.5. The number of hydrogen-bond donors (Lipinski definition) is 1. The highest BCUT2D eigenvalue weighted by Gasteiger charge is 2.28. The molecular formula is C13H9FN2O3S. The van der Waals surface area contributed by atoms with Crippen LogP contribution < -0.4 is 0 Å². The Morgan fingerprint density at radius 1 is 1.25 bits per heavy atom. The number of ketones is 2. The Morgan fingerprint density at radius 2 is 1.95 bits per heavy atom. The lowest BCUT2D eigenvalue weighted by molar-refractivity contribution is -0.123. The van der Waals surface area contributed by atoms with Crippen LogP contribution in [-0.2, 0) is 9.59 Å². The number of aliphatic hydroxyl groups excluding tert-OH is 1. The minimum Gasteiger partial charge on any atom is -0.506 e. The number of carbonyl (C=O) groups excluding carboxylic acids is 2. The van der Waals surface area contributed by atoms with Gasteiger partial charge < -0.3 is 5.11 Å². The first-order valence-corrected chi connectivity index (χ1v) is 6.77. The molecule has 0 spiro atoms. The van der Waals surface area contributed by atoms with Crippen molar-refractivity contribution in [1.29, 1.82) is 0 Å². The summed E-state index contributed by atoms with van der Waals surface area (Å²) in [6.07, 6.45) is 0.961. The van der Waals surface area contributed by atoms with Crippen LogP contribution in [0.3, 0.4) is 0 Å². The maximum atomic E-state index is 13.5. The lowest BCUT2D eigenvalue weighted by atomic mass is 9.90. The molecule has 1 aromatic carbocycles. The summed E-state index contributed by atoms with van der Waals surface area (Å²) in [5.74, 6) is -1.73. The van der Waals surface area contributed by atoms with Crippen LogP contribution in [0.4, 0.5) is 4.39 Å². The van der Waals surface area contributed by atoms with E-state index in [1.807, 2.05) is 0 Å². The van der Waals surface area contributed by atoms with E-state index >= 15 is 0 Å². The summed E-state index contributed by atoms with van der Waals surface area (Å²) in [7, 11) is 0. The highest BCUT2D eigenvalue weighted by Crippen LogP contribution is 2.31. The molecule has 0 saturated heterocycles. The van der Waals surface area contributed by atoms with Crippen molar-refractivity contribution < 1.29 is 19.1 Å². The fourth-order valence-corrected chi connectivity index (χ4v) is 2.93. The summed E-state index contributed by atoms with van der Waals surface area (Å²) in [5, 5.41) is 13.9. The average Bonchev–Trinajstić information content (AvgIpc) is 2.89. The highest BCUT2D eigenvalue weighted by molar-refractivity contribution is 7.13. The topological polar surface area (TPSA) is 80.2 Å². The van der Waals surface area contributed by atoms with E-state index in [0.717, 1.165) is 17.6 Å². The quantitative estimate of drug-likeness (QED) is 0.496. The zero-order valence-electron chi connectivity index (χ0n) is 10.2. The van der Waals surface area contributed by atoms with Gasteiger partial charge in [-0.25, -0.2) is 4.39 Å². The fourth-order valence-electron chi connectivity index (χ4n) is 2.24. The number of hydrogen-bond acceptors (Lipinski definition) is 6. The summed E-state index contributed by atoms with van der Waals surface area (Å²) in [4.78, 5) is 23.6. The third kappa shape index (κ3) is 1.90. The lowest BCUT2D eigenvalue weighted by Crippen LogP contribution is -2.20. The summed E-state index contributed by atoms with van der Waals surface area (Å²) in [6.45, 7) is 0. The number of fused-ring (bicyclic) bond motifs is 1. The maximum absolute atomic E-state index is 13.5. The van der Waals surface area contributed by atoms with Gasteiger partial charge in [0.1, 0.15) is 16.8 Å². The van der Waals surface area contributed by atoms with Gasteiger partial charge in [-0.05, 0) is 30.1 Å². The third-order valence-electron chi connectivity index (χ3n) is 3.21. The minimum atomic E-state index is -0.559. The molecule has 1 N–H and O–H groups in total. The molecule has 20 heavy (non-hydrogen) atoms. The largest absolute Gasteiger partial charge is 0.506 e. The standard InChI is InChI=1S/C13H9FN2O3S/c14-7-5-4-6(13-11(7)15-16-20-13)12(19)10-8(17)2-1-3-9(10)18/h4-5,19H,1-3H2. The molecular weight excluding hydrogens is 283 g/mol. The van der Waals surface area contributed by atoms with Gasteiger partial charge in [-0.2, -0.15) is 0 Å². The third-order valence-corrected chi connectivity index (χ3v) is 3.97. The molecule has 1 fully saturated rings. The van der Waals surface area contributed by atoms with E-state index in [4.69, 9.17) is 0 Å². The van der Waals surface area contributed by atoms with Crippen molar-refractivity contribution in [2.24, 2.45) is 0 Å². The van der Waals surface area contributed by atoms with Crippen molar-refractivity contribution in [2.75, 3.05) is 0 Å². The number of rotatable bonds is 1. The van der Waals surface area contributed by atoms with Gasteiger partial charge in [0.25, 0.3) is 0 Å². The van der Waals surface area contributed by atoms with Crippen molar-refractivity contribution in [3.63, 3.8) is 0 Å². The molecule has 7 heteroatoms. The number of aromatic nitrogens is 2. The van der Waals surface area contributed by atoms with E-state index in [-0.39, 0.29) is 41.1 Å². The second-order valence-electron chi connectivity index (χ2n) is 4.47. The van der Waals surface area contributed by atoms with Crippen LogP contribution in [0.15, 0.2) is 17.7 Å². The molecule has 2 aromatic rings. The number of nitrogens with zero attached hydrogens (tertiary/aromatic N) is 2. The van der Waals surface area contributed by atoms with Crippen LogP contribution in [0.5, 0.6) is 0 Å². The highest BCUT2D eigenvalue weighted by atomic mass is 32.1. The normalized spacial score (nSPS) is 15.9. The van der Waals surface area contributed by atoms with Crippen LogP contribution >= 0.6 is 11.5 Å². The van der Waals surface area contributed by atoms with Crippen LogP contribution in [0.1, 0.15) is 24.8 Å². The Hall–Kier alpha value is -2.15. The number of Topliss-reactive ketones (excluding diaryl/α,β-unsaturated/α-hetero) is 2. The first-order valence-electron chi connectivity index (χ1n) is 6.00. The predicted molar refractivity (Wildman–Crippen MR) is 70.8 cm³/mol. The van der Waals surface area contributed by atoms with Gasteiger partial charge in [0, 0.05) is 18.4 Å². The van der Waals surface area contributed by atoms with Gasteiger partial charge in [0.05, 0.1) is 4.70 Å². The van der Waals surface area contributed by atoms with Gasteiger partial charge in [0.2, 0.25) is 0 Å². The lowest BCUT2D eigenvalue weighted by Gasteiger charge is -2.14. The summed E-state index contributed by atoms with van der Waals surface area (Å²) in [6, 6.07) is 2.46. The molecule has 0 atom stereocenters. The number of benzene rings is 1. The number of aliphatic hydroxyl groups is 1. The van der Waals surface area contributed by atoms with Gasteiger partial charge in [-0.3, -0.25) is 9.59 Å². The molecule has 5 nitrogen and oxygen atoms in total. The maximum Gasteiger partial charge on any atom is 0.170 e. The Labute approximate surface area is 116 Å². The fraction of sp³-hybridized carbons (Fsp3) is 0.231. The molecule has 1 heterocycles. The Morgan fingerprint density at radius 3 is 2.65 bits per heavy atom. The molecule has 0 bridgehead atoms. The molecule has 1 aliphatic rings. The van der Waals surface area contributed by atoms with Crippen LogP contribution in [0.2, 0.25) is 0 Å². The Kier molecular flexibility index (Phi) is 3.06. The van der Waals surface area contributed by atoms with Crippen molar-refractivity contribution >= 4 is 39.1 Å². The monoisotopic (exact) mass is 292 g/mol. The zero-order chi connectivity index (χ0) is 14.3. The molecule has 102 valence electrons. The van der Waals surface area contributed by atoms with Gasteiger partial charge >= 0.3 is 0 Å². The molecule has 0 unspecified atom stereocenters. The van der Waals surface area contributed by atoms with Crippen LogP contribution in [0.25, 0.3) is 16.0 Å². The van der Waals surface area contributed by atoms with E-state index in [0.29, 0.717) is 11.1 Å². The molecule has 1 aromatic heterocycles.